The molecule has 2 rings (SSSR count). The molecule has 24 heavy (non-hydrogen) atoms. The maximum Gasteiger partial charge on any atom is 0.317 e. The van der Waals surface area contributed by atoms with Gasteiger partial charge in [0, 0.05) is 9.77 Å². The Labute approximate surface area is 146 Å². The molecule has 0 saturated heterocycles. The Bertz CT molecular complexity index is 707. The Morgan fingerprint density at radius 3 is 2.83 bits per heavy atom. The molecule has 2 aromatic rings. The van der Waals surface area contributed by atoms with Gasteiger partial charge in [-0.2, -0.15) is 0 Å². The van der Waals surface area contributed by atoms with Gasteiger partial charge in [-0.15, -0.1) is 23.1 Å². The van der Waals surface area contributed by atoms with E-state index in [2.05, 4.69) is 5.32 Å². The Hall–Kier alpha value is -1.93. The van der Waals surface area contributed by atoms with Crippen molar-refractivity contribution in [2.45, 2.75) is 24.5 Å². The predicted octanol–water partition coefficient (Wildman–Crippen LogP) is 3.37. The summed E-state index contributed by atoms with van der Waals surface area (Å²) >= 11 is 2.32. The quantitative estimate of drug-likeness (QED) is 0.599. The normalized spacial score (nSPS) is 11.8. The van der Waals surface area contributed by atoms with Crippen LogP contribution in [0.2, 0.25) is 0 Å². The second kappa shape index (κ2) is 8.79. The molecule has 0 aliphatic carbocycles. The van der Waals surface area contributed by atoms with Crippen molar-refractivity contribution >= 4 is 35.0 Å². The standard InChI is InChI=1S/C16H15F2NO3S2/c1-10(16(21)19-8-12-3-2-6-23-12)22-15(20)9-24-14-7-11(17)4-5-13(14)18/h2-7,10H,8-9H2,1H3,(H,19,21)/t10-/m0/s1. The number of halogens is 2. The fraction of sp³-hybridized carbons (Fsp3) is 0.250. The molecule has 8 heteroatoms. The number of thioether (sulfide) groups is 1. The van der Waals surface area contributed by atoms with E-state index in [9.17, 15) is 18.4 Å². The minimum absolute atomic E-state index is 0.0155. The molecule has 1 heterocycles. The molecule has 0 spiro atoms. The molecule has 1 aromatic heterocycles. The van der Waals surface area contributed by atoms with Crippen molar-refractivity contribution in [1.29, 1.82) is 0 Å². The highest BCUT2D eigenvalue weighted by Crippen LogP contribution is 2.22. The monoisotopic (exact) mass is 371 g/mol. The van der Waals surface area contributed by atoms with Gasteiger partial charge in [-0.25, -0.2) is 8.78 Å². The van der Waals surface area contributed by atoms with Crippen LogP contribution in [0.15, 0.2) is 40.6 Å². The first-order chi connectivity index (χ1) is 11.5. The molecule has 0 bridgehead atoms. The zero-order valence-electron chi connectivity index (χ0n) is 12.8. The summed E-state index contributed by atoms with van der Waals surface area (Å²) in [5.74, 6) is -2.52. The van der Waals surface area contributed by atoms with Crippen LogP contribution in [-0.4, -0.2) is 23.7 Å². The molecule has 1 amide bonds. The zero-order chi connectivity index (χ0) is 17.5. The van der Waals surface area contributed by atoms with Crippen LogP contribution in [0.25, 0.3) is 0 Å². The van der Waals surface area contributed by atoms with Gasteiger partial charge >= 0.3 is 5.97 Å². The van der Waals surface area contributed by atoms with Gasteiger partial charge in [0.2, 0.25) is 0 Å². The third-order valence-electron chi connectivity index (χ3n) is 2.93. The van der Waals surface area contributed by atoms with E-state index in [1.807, 2.05) is 17.5 Å². The van der Waals surface area contributed by atoms with Crippen molar-refractivity contribution in [2.75, 3.05) is 5.75 Å². The largest absolute Gasteiger partial charge is 0.452 e. The highest BCUT2D eigenvalue weighted by molar-refractivity contribution is 8.00. The molecule has 4 nitrogen and oxygen atoms in total. The minimum atomic E-state index is -0.963. The first-order valence-corrected chi connectivity index (χ1v) is 8.89. The third kappa shape index (κ3) is 5.61. The maximum absolute atomic E-state index is 13.4. The third-order valence-corrected chi connectivity index (χ3v) is 4.81. The average molecular weight is 371 g/mol. The van der Waals surface area contributed by atoms with Crippen molar-refractivity contribution in [3.8, 4) is 0 Å². The van der Waals surface area contributed by atoms with E-state index in [1.54, 1.807) is 0 Å². The Kier molecular flexibility index (Phi) is 6.74. The van der Waals surface area contributed by atoms with E-state index in [4.69, 9.17) is 4.74 Å². The Balaban J connectivity index is 1.76. The lowest BCUT2D eigenvalue weighted by Gasteiger charge is -2.13. The minimum Gasteiger partial charge on any atom is -0.452 e. The van der Waals surface area contributed by atoms with Crippen LogP contribution in [0, 0.1) is 11.6 Å². The molecule has 0 aliphatic heterocycles. The molecule has 0 aliphatic rings. The number of hydrogen-bond acceptors (Lipinski definition) is 5. The van der Waals surface area contributed by atoms with Crippen molar-refractivity contribution in [1.82, 2.24) is 5.32 Å². The van der Waals surface area contributed by atoms with Crippen LogP contribution in [0.1, 0.15) is 11.8 Å². The predicted molar refractivity (Wildman–Crippen MR) is 88.8 cm³/mol. The number of hydrogen-bond donors (Lipinski definition) is 1. The second-order valence-electron chi connectivity index (χ2n) is 4.79. The average Bonchev–Trinajstić information content (AvgIpc) is 3.06. The highest BCUT2D eigenvalue weighted by atomic mass is 32.2. The van der Waals surface area contributed by atoms with Crippen molar-refractivity contribution < 1.29 is 23.1 Å². The SMILES string of the molecule is C[C@H](OC(=O)CSc1cc(F)ccc1F)C(=O)NCc1cccs1. The van der Waals surface area contributed by atoms with Crippen molar-refractivity contribution in [3.63, 3.8) is 0 Å². The fourth-order valence-electron chi connectivity index (χ4n) is 1.74. The van der Waals surface area contributed by atoms with E-state index in [0.29, 0.717) is 6.54 Å². The summed E-state index contributed by atoms with van der Waals surface area (Å²) in [4.78, 5) is 24.6. The number of thiophene rings is 1. The van der Waals surface area contributed by atoms with Crippen molar-refractivity contribution in [3.05, 3.63) is 52.2 Å². The van der Waals surface area contributed by atoms with Gasteiger partial charge in [-0.3, -0.25) is 9.59 Å². The topological polar surface area (TPSA) is 55.4 Å². The number of carbonyl (C=O) groups is 2. The number of ether oxygens (including phenoxy) is 1. The van der Waals surface area contributed by atoms with Gasteiger partial charge in [0.25, 0.3) is 5.91 Å². The van der Waals surface area contributed by atoms with Gasteiger partial charge in [-0.05, 0) is 36.6 Å². The van der Waals surface area contributed by atoms with Crippen LogP contribution < -0.4 is 5.32 Å². The molecule has 0 unspecified atom stereocenters. The van der Waals surface area contributed by atoms with Crippen molar-refractivity contribution in [2.24, 2.45) is 0 Å². The fourth-order valence-corrected chi connectivity index (χ4v) is 3.13. The maximum atomic E-state index is 13.4. The Morgan fingerprint density at radius 2 is 2.12 bits per heavy atom. The van der Waals surface area contributed by atoms with E-state index >= 15 is 0 Å². The molecule has 0 radical (unpaired) electrons. The van der Waals surface area contributed by atoms with Gasteiger partial charge in [0.15, 0.2) is 6.10 Å². The lowest BCUT2D eigenvalue weighted by molar-refractivity contribution is -0.152. The van der Waals surface area contributed by atoms with Crippen LogP contribution in [0.5, 0.6) is 0 Å². The lowest BCUT2D eigenvalue weighted by Crippen LogP contribution is -2.35. The summed E-state index contributed by atoms with van der Waals surface area (Å²) in [5, 5.41) is 4.55. The summed E-state index contributed by atoms with van der Waals surface area (Å²) in [6, 6.07) is 6.75. The first-order valence-electron chi connectivity index (χ1n) is 7.03. The van der Waals surface area contributed by atoms with E-state index in [0.717, 1.165) is 34.8 Å². The van der Waals surface area contributed by atoms with Crippen LogP contribution >= 0.6 is 23.1 Å². The first kappa shape index (κ1) is 18.4. The molecule has 0 fully saturated rings. The van der Waals surface area contributed by atoms with Gasteiger partial charge in [0.05, 0.1) is 12.3 Å². The van der Waals surface area contributed by atoms with E-state index in [-0.39, 0.29) is 10.6 Å². The summed E-state index contributed by atoms with van der Waals surface area (Å²) < 4.78 is 31.5. The van der Waals surface area contributed by atoms with Gasteiger partial charge in [0.1, 0.15) is 11.6 Å². The summed E-state index contributed by atoms with van der Waals surface area (Å²) in [5.41, 5.74) is 0. The number of rotatable bonds is 7. The molecule has 1 atom stereocenters. The molecular weight excluding hydrogens is 356 g/mol. The zero-order valence-corrected chi connectivity index (χ0v) is 14.4. The second-order valence-corrected chi connectivity index (χ2v) is 6.84. The van der Waals surface area contributed by atoms with Gasteiger partial charge in [-0.1, -0.05) is 6.07 Å². The van der Waals surface area contributed by atoms with E-state index in [1.165, 1.54) is 18.3 Å². The number of nitrogens with one attached hydrogen (secondary N) is 1. The van der Waals surface area contributed by atoms with Crippen LogP contribution in [-0.2, 0) is 20.9 Å². The summed E-state index contributed by atoms with van der Waals surface area (Å²) in [6.07, 6.45) is -0.963. The summed E-state index contributed by atoms with van der Waals surface area (Å²) in [7, 11) is 0. The molecular formula is C16H15F2NO3S2. The number of esters is 1. The highest BCUT2D eigenvalue weighted by Gasteiger charge is 2.18. The van der Waals surface area contributed by atoms with E-state index < -0.39 is 29.6 Å². The Morgan fingerprint density at radius 1 is 1.33 bits per heavy atom. The summed E-state index contributed by atoms with van der Waals surface area (Å²) in [6.45, 7) is 1.82. The molecule has 0 saturated carbocycles. The lowest BCUT2D eigenvalue weighted by atomic mass is 10.3. The molecule has 128 valence electrons. The van der Waals surface area contributed by atoms with Gasteiger partial charge < -0.3 is 10.1 Å². The van der Waals surface area contributed by atoms with Crippen LogP contribution in [0.4, 0.5) is 8.78 Å². The number of carbonyl (C=O) groups excluding carboxylic acids is 2. The molecule has 1 N–H and O–H groups in total. The molecule has 1 aromatic carbocycles. The smallest absolute Gasteiger partial charge is 0.317 e. The van der Waals surface area contributed by atoms with Crippen LogP contribution in [0.3, 0.4) is 0 Å². The number of benzene rings is 1. The number of amides is 1.